The summed E-state index contributed by atoms with van der Waals surface area (Å²) < 4.78 is 6.93. The lowest BCUT2D eigenvalue weighted by Gasteiger charge is -2.40. The summed E-state index contributed by atoms with van der Waals surface area (Å²) in [5.74, 6) is 0. The molecule has 1 aromatic rings. The first-order chi connectivity index (χ1) is 9.51. The first-order valence-electron chi connectivity index (χ1n) is 7.43. The number of anilines is 1. The predicted octanol–water partition coefficient (Wildman–Crippen LogP) is 3.34. The van der Waals surface area contributed by atoms with Crippen molar-refractivity contribution in [1.29, 1.82) is 0 Å². The van der Waals surface area contributed by atoms with Crippen molar-refractivity contribution in [1.82, 2.24) is 0 Å². The first kappa shape index (κ1) is 15.8. The number of benzene rings is 1. The molecule has 2 rings (SSSR count). The van der Waals surface area contributed by atoms with Crippen LogP contribution in [0.15, 0.2) is 22.7 Å². The minimum Gasteiger partial charge on any atom is -0.375 e. The van der Waals surface area contributed by atoms with Gasteiger partial charge in [-0.15, -0.1) is 0 Å². The molecule has 0 saturated carbocycles. The molecular weight excluding hydrogens is 316 g/mol. The average Bonchev–Trinajstić information content (AvgIpc) is 2.38. The van der Waals surface area contributed by atoms with E-state index in [1.807, 2.05) is 6.92 Å². The number of halogens is 1. The summed E-state index contributed by atoms with van der Waals surface area (Å²) in [6.45, 7) is 8.15. The molecule has 3 unspecified atom stereocenters. The van der Waals surface area contributed by atoms with Gasteiger partial charge in [-0.25, -0.2) is 0 Å². The van der Waals surface area contributed by atoms with E-state index in [9.17, 15) is 0 Å². The highest BCUT2D eigenvalue weighted by Crippen LogP contribution is 2.31. The summed E-state index contributed by atoms with van der Waals surface area (Å²) in [5, 5.41) is 0. The fourth-order valence-corrected chi connectivity index (χ4v) is 3.41. The quantitative estimate of drug-likeness (QED) is 0.913. The molecule has 0 spiro atoms. The Morgan fingerprint density at radius 2 is 2.25 bits per heavy atom. The van der Waals surface area contributed by atoms with E-state index < -0.39 is 0 Å². The summed E-state index contributed by atoms with van der Waals surface area (Å²) in [5.41, 5.74) is 8.42. The highest BCUT2D eigenvalue weighted by molar-refractivity contribution is 9.10. The Hall–Kier alpha value is -0.580. The van der Waals surface area contributed by atoms with Crippen LogP contribution in [0.25, 0.3) is 0 Å². The van der Waals surface area contributed by atoms with Crippen molar-refractivity contribution in [3.05, 3.63) is 28.2 Å². The normalized spacial score (nSPS) is 24.8. The average molecular weight is 341 g/mol. The zero-order valence-corrected chi connectivity index (χ0v) is 14.2. The van der Waals surface area contributed by atoms with Crippen LogP contribution in [-0.2, 0) is 11.2 Å². The molecule has 112 valence electrons. The molecule has 3 nitrogen and oxygen atoms in total. The van der Waals surface area contributed by atoms with Crippen molar-refractivity contribution in [2.45, 2.75) is 51.8 Å². The number of morpholine rings is 1. The van der Waals surface area contributed by atoms with Crippen LogP contribution in [0.2, 0.25) is 0 Å². The number of ether oxygens (including phenoxy) is 1. The highest BCUT2D eigenvalue weighted by Gasteiger charge is 2.26. The van der Waals surface area contributed by atoms with E-state index in [1.165, 1.54) is 11.3 Å². The van der Waals surface area contributed by atoms with Gasteiger partial charge in [0.15, 0.2) is 0 Å². The molecule has 0 bridgehead atoms. The molecule has 1 fully saturated rings. The van der Waals surface area contributed by atoms with Crippen molar-refractivity contribution >= 4 is 21.6 Å². The molecule has 1 heterocycles. The number of hydrogen-bond donors (Lipinski definition) is 1. The molecule has 1 aromatic carbocycles. The van der Waals surface area contributed by atoms with Gasteiger partial charge in [-0.05, 0) is 60.3 Å². The summed E-state index contributed by atoms with van der Waals surface area (Å²) >= 11 is 3.73. The van der Waals surface area contributed by atoms with Crippen LogP contribution in [0.5, 0.6) is 0 Å². The predicted molar refractivity (Wildman–Crippen MR) is 88.3 cm³/mol. The van der Waals surface area contributed by atoms with E-state index in [0.29, 0.717) is 6.04 Å². The molecule has 4 heteroatoms. The molecular formula is C16H25BrN2O. The van der Waals surface area contributed by atoms with Gasteiger partial charge < -0.3 is 15.4 Å². The Morgan fingerprint density at radius 1 is 1.50 bits per heavy atom. The van der Waals surface area contributed by atoms with Gasteiger partial charge in [0.05, 0.1) is 24.4 Å². The first-order valence-corrected chi connectivity index (χ1v) is 8.22. The minimum atomic E-state index is 0.194. The van der Waals surface area contributed by atoms with E-state index in [-0.39, 0.29) is 12.1 Å². The van der Waals surface area contributed by atoms with E-state index in [4.69, 9.17) is 10.5 Å². The molecule has 0 aromatic heterocycles. The van der Waals surface area contributed by atoms with Gasteiger partial charge in [-0.3, -0.25) is 0 Å². The topological polar surface area (TPSA) is 38.5 Å². The lowest BCUT2D eigenvalue weighted by Crippen LogP contribution is -2.48. The maximum atomic E-state index is 5.87. The van der Waals surface area contributed by atoms with Crippen LogP contribution in [-0.4, -0.2) is 31.3 Å². The van der Waals surface area contributed by atoms with Crippen LogP contribution in [0.4, 0.5) is 5.69 Å². The van der Waals surface area contributed by atoms with Gasteiger partial charge in [0.25, 0.3) is 0 Å². The fraction of sp³-hybridized carbons (Fsp3) is 0.625. The minimum absolute atomic E-state index is 0.194. The Kier molecular flexibility index (Phi) is 5.47. The highest BCUT2D eigenvalue weighted by atomic mass is 79.9. The van der Waals surface area contributed by atoms with Gasteiger partial charge in [0.2, 0.25) is 0 Å². The van der Waals surface area contributed by atoms with Crippen molar-refractivity contribution in [2.24, 2.45) is 5.73 Å². The van der Waals surface area contributed by atoms with Gasteiger partial charge >= 0.3 is 0 Å². The van der Waals surface area contributed by atoms with E-state index >= 15 is 0 Å². The summed E-state index contributed by atoms with van der Waals surface area (Å²) in [6, 6.07) is 7.26. The molecule has 2 N–H and O–H groups in total. The van der Waals surface area contributed by atoms with Gasteiger partial charge in [0, 0.05) is 17.1 Å². The molecule has 0 radical (unpaired) electrons. The van der Waals surface area contributed by atoms with Crippen LogP contribution < -0.4 is 10.6 Å². The van der Waals surface area contributed by atoms with E-state index in [2.05, 4.69) is 52.9 Å². The number of nitrogens with two attached hydrogens (primary N) is 1. The largest absolute Gasteiger partial charge is 0.375 e. The summed E-state index contributed by atoms with van der Waals surface area (Å²) in [4.78, 5) is 2.47. The zero-order chi connectivity index (χ0) is 14.7. The fourth-order valence-electron chi connectivity index (χ4n) is 2.76. The Labute approximate surface area is 130 Å². The third kappa shape index (κ3) is 3.74. The molecule has 3 atom stereocenters. The SMILES string of the molecule is CCC1COC(C)CN1c1ccc(CC(C)N)cc1Br. The van der Waals surface area contributed by atoms with Gasteiger partial charge in [-0.2, -0.15) is 0 Å². The summed E-state index contributed by atoms with van der Waals surface area (Å²) in [7, 11) is 0. The van der Waals surface area contributed by atoms with Gasteiger partial charge in [-0.1, -0.05) is 13.0 Å². The molecule has 0 aliphatic carbocycles. The smallest absolute Gasteiger partial charge is 0.0723 e. The third-order valence-corrected chi connectivity index (χ3v) is 4.45. The third-order valence-electron chi connectivity index (χ3n) is 3.82. The van der Waals surface area contributed by atoms with Crippen LogP contribution in [0.3, 0.4) is 0 Å². The monoisotopic (exact) mass is 340 g/mol. The van der Waals surface area contributed by atoms with Gasteiger partial charge in [0.1, 0.15) is 0 Å². The van der Waals surface area contributed by atoms with E-state index in [1.54, 1.807) is 0 Å². The Morgan fingerprint density at radius 3 is 2.85 bits per heavy atom. The van der Waals surface area contributed by atoms with Crippen molar-refractivity contribution in [3.63, 3.8) is 0 Å². The van der Waals surface area contributed by atoms with Crippen molar-refractivity contribution in [2.75, 3.05) is 18.1 Å². The number of nitrogens with zero attached hydrogens (tertiary/aromatic N) is 1. The second-order valence-electron chi connectivity index (χ2n) is 5.83. The van der Waals surface area contributed by atoms with Crippen LogP contribution in [0, 0.1) is 0 Å². The van der Waals surface area contributed by atoms with E-state index in [0.717, 1.165) is 30.5 Å². The maximum Gasteiger partial charge on any atom is 0.0723 e. The van der Waals surface area contributed by atoms with Crippen molar-refractivity contribution in [3.8, 4) is 0 Å². The second kappa shape index (κ2) is 6.92. The molecule has 1 aliphatic rings. The molecule has 1 saturated heterocycles. The molecule has 1 aliphatic heterocycles. The lowest BCUT2D eigenvalue weighted by molar-refractivity contribution is 0.0299. The zero-order valence-electron chi connectivity index (χ0n) is 12.6. The maximum absolute atomic E-state index is 5.87. The van der Waals surface area contributed by atoms with Crippen molar-refractivity contribution < 1.29 is 4.74 Å². The lowest BCUT2D eigenvalue weighted by atomic mass is 10.1. The summed E-state index contributed by atoms with van der Waals surface area (Å²) in [6.07, 6.45) is 2.30. The van der Waals surface area contributed by atoms with Crippen LogP contribution >= 0.6 is 15.9 Å². The number of hydrogen-bond acceptors (Lipinski definition) is 3. The molecule has 0 amide bonds. The second-order valence-corrected chi connectivity index (χ2v) is 6.68. The Balaban J connectivity index is 2.22. The standard InChI is InChI=1S/C16H25BrN2O/c1-4-14-10-20-12(3)9-19(14)16-6-5-13(7-11(2)18)8-15(16)17/h5-6,8,11-12,14H,4,7,9-10,18H2,1-3H3. The molecule has 20 heavy (non-hydrogen) atoms. The number of rotatable bonds is 4. The van der Waals surface area contributed by atoms with Crippen LogP contribution in [0.1, 0.15) is 32.8 Å². The Bertz CT molecular complexity index is 450.